The number of benzene rings is 1. The molecule has 1 aromatic carbocycles. The van der Waals surface area contributed by atoms with Crippen molar-refractivity contribution in [3.05, 3.63) is 29.8 Å². The lowest BCUT2D eigenvalue weighted by Gasteiger charge is -2.48. The van der Waals surface area contributed by atoms with Crippen molar-refractivity contribution >= 4 is 0 Å². The van der Waals surface area contributed by atoms with Gasteiger partial charge in [-0.1, -0.05) is 25.5 Å². The highest BCUT2D eigenvalue weighted by molar-refractivity contribution is 5.31. The molecule has 0 spiro atoms. The molecule has 0 amide bonds. The van der Waals surface area contributed by atoms with Gasteiger partial charge in [0.25, 0.3) is 0 Å². The first-order valence-corrected chi connectivity index (χ1v) is 10.1. The Morgan fingerprint density at radius 3 is 2.64 bits per heavy atom. The lowest BCUT2D eigenvalue weighted by molar-refractivity contribution is -0.274. The van der Waals surface area contributed by atoms with Gasteiger partial charge in [0.2, 0.25) is 0 Å². The average molecular weight is 400 g/mol. The van der Waals surface area contributed by atoms with Gasteiger partial charge in [0.1, 0.15) is 11.5 Å². The third kappa shape index (κ3) is 4.63. The Balaban J connectivity index is 1.81. The number of halogens is 3. The summed E-state index contributed by atoms with van der Waals surface area (Å²) in [6, 6.07) is 6.62. The second-order valence-corrected chi connectivity index (χ2v) is 8.49. The summed E-state index contributed by atoms with van der Waals surface area (Å²) in [6.07, 6.45) is -0.109. The van der Waals surface area contributed by atoms with Gasteiger partial charge in [-0.05, 0) is 63.4 Å². The molecule has 1 N–H and O–H groups in total. The van der Waals surface area contributed by atoms with Crippen LogP contribution in [-0.4, -0.2) is 60.2 Å². The van der Waals surface area contributed by atoms with Crippen molar-refractivity contribution in [2.45, 2.75) is 63.1 Å². The normalized spacial score (nSPS) is 30.6. The second-order valence-electron chi connectivity index (χ2n) is 8.49. The molecule has 2 fully saturated rings. The number of hydrogen-bond acceptors (Lipinski definition) is 4. The van der Waals surface area contributed by atoms with Gasteiger partial charge in [-0.25, -0.2) is 0 Å². The SMILES string of the molecule is CC(c1cccc(OC(F)(F)F)c1)C1CCCCC1(O)N1CC[C@H](N(C)C)C1. The van der Waals surface area contributed by atoms with Gasteiger partial charge in [-0.3, -0.25) is 4.90 Å². The summed E-state index contributed by atoms with van der Waals surface area (Å²) in [7, 11) is 4.12. The molecule has 0 radical (unpaired) electrons. The highest BCUT2D eigenvalue weighted by atomic mass is 19.4. The zero-order chi connectivity index (χ0) is 20.5. The molecule has 3 rings (SSSR count). The van der Waals surface area contributed by atoms with Gasteiger partial charge < -0.3 is 14.7 Å². The van der Waals surface area contributed by atoms with Crippen LogP contribution in [0.4, 0.5) is 13.2 Å². The predicted molar refractivity (Wildman–Crippen MR) is 102 cm³/mol. The maximum Gasteiger partial charge on any atom is 0.573 e. The van der Waals surface area contributed by atoms with Crippen LogP contribution in [0, 0.1) is 5.92 Å². The van der Waals surface area contributed by atoms with Crippen molar-refractivity contribution in [1.82, 2.24) is 9.80 Å². The summed E-state index contributed by atoms with van der Waals surface area (Å²) in [5, 5.41) is 11.7. The molecule has 0 aromatic heterocycles. The quantitative estimate of drug-likeness (QED) is 0.804. The van der Waals surface area contributed by atoms with E-state index in [1.54, 1.807) is 6.07 Å². The highest BCUT2D eigenvalue weighted by Gasteiger charge is 2.48. The third-order valence-electron chi connectivity index (χ3n) is 6.57. The van der Waals surface area contributed by atoms with E-state index in [2.05, 4.69) is 28.6 Å². The maximum atomic E-state index is 12.6. The molecule has 2 aliphatic rings. The summed E-state index contributed by atoms with van der Waals surface area (Å²) >= 11 is 0. The molecule has 4 nitrogen and oxygen atoms in total. The Hall–Kier alpha value is -1.31. The topological polar surface area (TPSA) is 35.9 Å². The van der Waals surface area contributed by atoms with Crippen LogP contribution in [0.2, 0.25) is 0 Å². The molecule has 1 aliphatic carbocycles. The largest absolute Gasteiger partial charge is 0.573 e. The van der Waals surface area contributed by atoms with Crippen molar-refractivity contribution in [3.8, 4) is 5.75 Å². The summed E-state index contributed by atoms with van der Waals surface area (Å²) in [5.41, 5.74) is -0.140. The van der Waals surface area contributed by atoms with Gasteiger partial charge >= 0.3 is 6.36 Å². The van der Waals surface area contributed by atoms with Gasteiger partial charge in [0, 0.05) is 25.0 Å². The minimum atomic E-state index is -4.70. The van der Waals surface area contributed by atoms with E-state index in [-0.39, 0.29) is 17.6 Å². The van der Waals surface area contributed by atoms with Crippen LogP contribution in [0.25, 0.3) is 0 Å². The first kappa shape index (κ1) is 21.4. The van der Waals surface area contributed by atoms with Gasteiger partial charge in [-0.15, -0.1) is 13.2 Å². The number of nitrogens with zero attached hydrogens (tertiary/aromatic N) is 2. The number of likely N-dealkylation sites (tertiary alicyclic amines) is 1. The van der Waals surface area contributed by atoms with Gasteiger partial charge in [-0.2, -0.15) is 0 Å². The van der Waals surface area contributed by atoms with Crippen molar-refractivity contribution in [2.24, 2.45) is 5.92 Å². The Labute approximate surface area is 165 Å². The molecule has 3 unspecified atom stereocenters. The monoisotopic (exact) mass is 400 g/mol. The lowest BCUT2D eigenvalue weighted by Crippen LogP contribution is -2.56. The summed E-state index contributed by atoms with van der Waals surface area (Å²) in [4.78, 5) is 4.40. The van der Waals surface area contributed by atoms with Crippen LogP contribution in [0.3, 0.4) is 0 Å². The molecule has 0 bridgehead atoms. The number of likely N-dealkylation sites (N-methyl/N-ethyl adjacent to an activating group) is 1. The molecule has 1 aliphatic heterocycles. The standard InChI is InChI=1S/C21H31F3N2O2/c1-15(16-7-6-8-18(13-16)28-21(22,23)24)19-9-4-5-11-20(19,27)26-12-10-17(14-26)25(2)3/h6-8,13,15,17,19,27H,4-5,9-12,14H2,1-3H3/t15?,17-,19?,20?/m0/s1. The van der Waals surface area contributed by atoms with E-state index in [4.69, 9.17) is 0 Å². The van der Waals surface area contributed by atoms with Gasteiger partial charge in [0.05, 0.1) is 0 Å². The predicted octanol–water partition coefficient (Wildman–Crippen LogP) is 4.20. The molecule has 1 saturated carbocycles. The summed E-state index contributed by atoms with van der Waals surface area (Å²) < 4.78 is 41.8. The fourth-order valence-corrected chi connectivity index (χ4v) is 4.95. The number of ether oxygens (including phenoxy) is 1. The maximum absolute atomic E-state index is 12.6. The van der Waals surface area contributed by atoms with E-state index >= 15 is 0 Å². The van der Waals surface area contributed by atoms with Crippen molar-refractivity contribution in [1.29, 1.82) is 0 Å². The van der Waals surface area contributed by atoms with Crippen LogP contribution < -0.4 is 4.74 Å². The van der Waals surface area contributed by atoms with Crippen LogP contribution in [0.15, 0.2) is 24.3 Å². The molecule has 1 heterocycles. The summed E-state index contributed by atoms with van der Waals surface area (Å²) in [5.74, 6) is -0.297. The molecular formula is C21H31F3N2O2. The molecule has 7 heteroatoms. The first-order valence-electron chi connectivity index (χ1n) is 10.1. The first-order chi connectivity index (χ1) is 13.1. The molecular weight excluding hydrogens is 369 g/mol. The van der Waals surface area contributed by atoms with E-state index in [9.17, 15) is 18.3 Å². The Morgan fingerprint density at radius 2 is 2.00 bits per heavy atom. The number of hydrogen-bond donors (Lipinski definition) is 1. The van der Waals surface area contributed by atoms with Crippen LogP contribution >= 0.6 is 0 Å². The fourth-order valence-electron chi connectivity index (χ4n) is 4.95. The van der Waals surface area contributed by atoms with E-state index in [0.29, 0.717) is 12.5 Å². The zero-order valence-electron chi connectivity index (χ0n) is 16.9. The minimum Gasteiger partial charge on any atom is -0.406 e. The van der Waals surface area contributed by atoms with E-state index in [1.807, 2.05) is 13.0 Å². The molecule has 28 heavy (non-hydrogen) atoms. The van der Waals surface area contributed by atoms with E-state index < -0.39 is 12.1 Å². The van der Waals surface area contributed by atoms with Crippen molar-refractivity contribution < 1.29 is 23.0 Å². The Morgan fingerprint density at radius 1 is 1.25 bits per heavy atom. The van der Waals surface area contributed by atoms with Crippen molar-refractivity contribution in [2.75, 3.05) is 27.2 Å². The van der Waals surface area contributed by atoms with Crippen LogP contribution in [0.5, 0.6) is 5.75 Å². The number of rotatable bonds is 5. The third-order valence-corrected chi connectivity index (χ3v) is 6.57. The number of aliphatic hydroxyl groups is 1. The van der Waals surface area contributed by atoms with Crippen LogP contribution in [-0.2, 0) is 0 Å². The Bertz CT molecular complexity index is 667. The summed E-state index contributed by atoms with van der Waals surface area (Å²) in [6.45, 7) is 3.68. The lowest BCUT2D eigenvalue weighted by atomic mass is 9.71. The fraction of sp³-hybridized carbons (Fsp3) is 0.714. The average Bonchev–Trinajstić information content (AvgIpc) is 3.11. The molecule has 158 valence electrons. The van der Waals surface area contributed by atoms with E-state index in [0.717, 1.165) is 44.3 Å². The zero-order valence-corrected chi connectivity index (χ0v) is 16.9. The second kappa shape index (κ2) is 8.20. The van der Waals surface area contributed by atoms with Gasteiger partial charge in [0.15, 0.2) is 0 Å². The molecule has 4 atom stereocenters. The Kier molecular flexibility index (Phi) is 6.27. The molecule has 1 saturated heterocycles. The number of alkyl halides is 3. The van der Waals surface area contributed by atoms with Crippen LogP contribution in [0.1, 0.15) is 50.5 Å². The molecule has 1 aromatic rings. The smallest absolute Gasteiger partial charge is 0.406 e. The minimum absolute atomic E-state index is 0.0247. The van der Waals surface area contributed by atoms with Crippen molar-refractivity contribution in [3.63, 3.8) is 0 Å². The highest BCUT2D eigenvalue weighted by Crippen LogP contribution is 2.46. The van der Waals surface area contributed by atoms with E-state index in [1.165, 1.54) is 12.1 Å².